The number of aromatic nitrogens is 2. The molecule has 80 valence electrons. The molecule has 0 aliphatic rings. The Morgan fingerprint density at radius 1 is 1.57 bits per heavy atom. The third-order valence-electron chi connectivity index (χ3n) is 1.93. The highest BCUT2D eigenvalue weighted by atomic mass is 32.2. The standard InChI is InChI=1S/C10H19N3S/c1-9(2)11-6-10-7-12-13(8-10)4-5-14-3/h7-9,11H,4-6H2,1-3H3. The zero-order chi connectivity index (χ0) is 10.4. The van der Waals surface area contributed by atoms with E-state index in [1.54, 1.807) is 0 Å². The minimum absolute atomic E-state index is 0.532. The summed E-state index contributed by atoms with van der Waals surface area (Å²) in [5.74, 6) is 1.12. The number of thioether (sulfide) groups is 1. The third kappa shape index (κ3) is 4.15. The Morgan fingerprint density at radius 2 is 2.36 bits per heavy atom. The van der Waals surface area contributed by atoms with Gasteiger partial charge in [-0.15, -0.1) is 0 Å². The van der Waals surface area contributed by atoms with Crippen LogP contribution in [0.2, 0.25) is 0 Å². The summed E-state index contributed by atoms with van der Waals surface area (Å²) in [6, 6.07) is 0.532. The predicted octanol–water partition coefficient (Wildman–Crippen LogP) is 1.74. The van der Waals surface area contributed by atoms with Gasteiger partial charge in [0.25, 0.3) is 0 Å². The van der Waals surface area contributed by atoms with Crippen molar-refractivity contribution in [2.75, 3.05) is 12.0 Å². The first-order valence-corrected chi connectivity index (χ1v) is 6.35. The molecule has 14 heavy (non-hydrogen) atoms. The van der Waals surface area contributed by atoms with Crippen molar-refractivity contribution < 1.29 is 0 Å². The number of rotatable bonds is 6. The van der Waals surface area contributed by atoms with Gasteiger partial charge in [0, 0.05) is 36.6 Å². The molecule has 0 bridgehead atoms. The van der Waals surface area contributed by atoms with Gasteiger partial charge in [-0.3, -0.25) is 4.68 Å². The summed E-state index contributed by atoms with van der Waals surface area (Å²) >= 11 is 1.85. The Hall–Kier alpha value is -0.480. The maximum Gasteiger partial charge on any atom is 0.0534 e. The van der Waals surface area contributed by atoms with Gasteiger partial charge in [-0.05, 0) is 6.26 Å². The molecule has 0 aliphatic carbocycles. The molecule has 0 spiro atoms. The van der Waals surface area contributed by atoms with Gasteiger partial charge in [0.2, 0.25) is 0 Å². The van der Waals surface area contributed by atoms with Crippen molar-refractivity contribution in [3.63, 3.8) is 0 Å². The molecular weight excluding hydrogens is 194 g/mol. The van der Waals surface area contributed by atoms with Crippen LogP contribution < -0.4 is 5.32 Å². The fraction of sp³-hybridized carbons (Fsp3) is 0.700. The molecule has 0 saturated carbocycles. The minimum Gasteiger partial charge on any atom is -0.310 e. The summed E-state index contributed by atoms with van der Waals surface area (Å²) in [4.78, 5) is 0. The predicted molar refractivity (Wildman–Crippen MR) is 62.6 cm³/mol. The molecule has 0 radical (unpaired) electrons. The normalized spacial score (nSPS) is 11.1. The molecule has 0 aromatic carbocycles. The molecule has 0 unspecified atom stereocenters. The SMILES string of the molecule is CSCCn1cc(CNC(C)C)cn1. The van der Waals surface area contributed by atoms with E-state index in [-0.39, 0.29) is 0 Å². The maximum absolute atomic E-state index is 4.29. The zero-order valence-corrected chi connectivity index (χ0v) is 9.97. The van der Waals surface area contributed by atoms with Gasteiger partial charge in [-0.25, -0.2) is 0 Å². The van der Waals surface area contributed by atoms with Gasteiger partial charge in [0.1, 0.15) is 0 Å². The maximum atomic E-state index is 4.29. The first-order valence-electron chi connectivity index (χ1n) is 4.96. The van der Waals surface area contributed by atoms with Crippen LogP contribution in [0.4, 0.5) is 0 Å². The topological polar surface area (TPSA) is 29.9 Å². The summed E-state index contributed by atoms with van der Waals surface area (Å²) < 4.78 is 2.01. The second-order valence-electron chi connectivity index (χ2n) is 3.64. The van der Waals surface area contributed by atoms with Crippen molar-refractivity contribution in [1.29, 1.82) is 0 Å². The van der Waals surface area contributed by atoms with Gasteiger partial charge in [-0.1, -0.05) is 13.8 Å². The fourth-order valence-corrected chi connectivity index (χ4v) is 1.50. The first kappa shape index (κ1) is 11.6. The lowest BCUT2D eigenvalue weighted by molar-refractivity contribution is 0.588. The number of aryl methyl sites for hydroxylation is 1. The van der Waals surface area contributed by atoms with Crippen LogP contribution in [0.25, 0.3) is 0 Å². The van der Waals surface area contributed by atoms with Crippen molar-refractivity contribution in [2.45, 2.75) is 33.0 Å². The van der Waals surface area contributed by atoms with Crippen LogP contribution in [0.3, 0.4) is 0 Å². The van der Waals surface area contributed by atoms with E-state index in [0.717, 1.165) is 18.8 Å². The summed E-state index contributed by atoms with van der Waals surface area (Å²) in [7, 11) is 0. The lowest BCUT2D eigenvalue weighted by atomic mass is 10.3. The summed E-state index contributed by atoms with van der Waals surface area (Å²) in [6.07, 6.45) is 6.17. The highest BCUT2D eigenvalue weighted by Crippen LogP contribution is 2.00. The van der Waals surface area contributed by atoms with Gasteiger partial charge in [0.15, 0.2) is 0 Å². The molecule has 0 atom stereocenters. The van der Waals surface area contributed by atoms with E-state index in [0.29, 0.717) is 6.04 Å². The number of nitrogens with zero attached hydrogens (tertiary/aromatic N) is 2. The second-order valence-corrected chi connectivity index (χ2v) is 4.63. The quantitative estimate of drug-likeness (QED) is 0.780. The number of hydrogen-bond donors (Lipinski definition) is 1. The Labute approximate surface area is 90.3 Å². The average Bonchev–Trinajstić information content (AvgIpc) is 2.59. The Bertz CT molecular complexity index is 258. The molecular formula is C10H19N3S. The monoisotopic (exact) mass is 213 g/mol. The molecule has 3 nitrogen and oxygen atoms in total. The molecule has 1 N–H and O–H groups in total. The smallest absolute Gasteiger partial charge is 0.0534 e. The van der Waals surface area contributed by atoms with Crippen molar-refractivity contribution >= 4 is 11.8 Å². The average molecular weight is 213 g/mol. The number of hydrogen-bond acceptors (Lipinski definition) is 3. The highest BCUT2D eigenvalue weighted by Gasteiger charge is 1.98. The van der Waals surface area contributed by atoms with Crippen molar-refractivity contribution in [3.05, 3.63) is 18.0 Å². The molecule has 1 rings (SSSR count). The number of nitrogens with one attached hydrogen (secondary N) is 1. The van der Waals surface area contributed by atoms with Gasteiger partial charge >= 0.3 is 0 Å². The molecule has 1 aromatic heterocycles. The van der Waals surface area contributed by atoms with Crippen molar-refractivity contribution in [3.8, 4) is 0 Å². The zero-order valence-electron chi connectivity index (χ0n) is 9.16. The van der Waals surface area contributed by atoms with Crippen LogP contribution >= 0.6 is 11.8 Å². The minimum atomic E-state index is 0.532. The van der Waals surface area contributed by atoms with E-state index >= 15 is 0 Å². The lowest BCUT2D eigenvalue weighted by Gasteiger charge is -2.05. The Balaban J connectivity index is 2.35. The van der Waals surface area contributed by atoms with E-state index in [9.17, 15) is 0 Å². The molecule has 0 saturated heterocycles. The van der Waals surface area contributed by atoms with E-state index in [1.807, 2.05) is 22.6 Å². The van der Waals surface area contributed by atoms with Crippen LogP contribution in [0.5, 0.6) is 0 Å². The largest absolute Gasteiger partial charge is 0.310 e. The highest BCUT2D eigenvalue weighted by molar-refractivity contribution is 7.98. The molecule has 0 amide bonds. The molecule has 0 aliphatic heterocycles. The van der Waals surface area contributed by atoms with Crippen molar-refractivity contribution in [2.24, 2.45) is 0 Å². The van der Waals surface area contributed by atoms with E-state index in [1.165, 1.54) is 5.56 Å². The molecule has 0 fully saturated rings. The molecule has 1 heterocycles. The van der Waals surface area contributed by atoms with Gasteiger partial charge < -0.3 is 5.32 Å². The summed E-state index contributed by atoms with van der Waals surface area (Å²) in [6.45, 7) is 6.22. The lowest BCUT2D eigenvalue weighted by Crippen LogP contribution is -2.21. The van der Waals surface area contributed by atoms with E-state index < -0.39 is 0 Å². The van der Waals surface area contributed by atoms with Crippen LogP contribution in [0, 0.1) is 0 Å². The Morgan fingerprint density at radius 3 is 3.00 bits per heavy atom. The van der Waals surface area contributed by atoms with Gasteiger partial charge in [-0.2, -0.15) is 16.9 Å². The summed E-state index contributed by atoms with van der Waals surface area (Å²) in [5, 5.41) is 7.67. The molecule has 1 aromatic rings. The van der Waals surface area contributed by atoms with E-state index in [2.05, 4.69) is 36.7 Å². The van der Waals surface area contributed by atoms with Crippen LogP contribution in [0.15, 0.2) is 12.4 Å². The van der Waals surface area contributed by atoms with Crippen LogP contribution in [0.1, 0.15) is 19.4 Å². The van der Waals surface area contributed by atoms with Crippen LogP contribution in [-0.2, 0) is 13.1 Å². The summed E-state index contributed by atoms with van der Waals surface area (Å²) in [5.41, 5.74) is 1.26. The van der Waals surface area contributed by atoms with Gasteiger partial charge in [0.05, 0.1) is 6.20 Å². The Kier molecular flexibility index (Phi) is 5.04. The first-order chi connectivity index (χ1) is 6.72. The van der Waals surface area contributed by atoms with E-state index in [4.69, 9.17) is 0 Å². The third-order valence-corrected chi connectivity index (χ3v) is 2.52. The van der Waals surface area contributed by atoms with Crippen molar-refractivity contribution in [1.82, 2.24) is 15.1 Å². The molecule has 4 heteroatoms. The fourth-order valence-electron chi connectivity index (χ4n) is 1.13. The second kappa shape index (κ2) is 6.09. The van der Waals surface area contributed by atoms with Crippen LogP contribution in [-0.4, -0.2) is 27.8 Å².